The van der Waals surface area contributed by atoms with Crippen LogP contribution in [0.4, 0.5) is 11.6 Å². The molecule has 1 unspecified atom stereocenters. The molecule has 20 heavy (non-hydrogen) atoms. The molecule has 0 bridgehead atoms. The van der Waals surface area contributed by atoms with Gasteiger partial charge in [-0.2, -0.15) is 0 Å². The summed E-state index contributed by atoms with van der Waals surface area (Å²) >= 11 is 0. The summed E-state index contributed by atoms with van der Waals surface area (Å²) in [6.07, 6.45) is 2.08. The summed E-state index contributed by atoms with van der Waals surface area (Å²) in [5.41, 5.74) is 0.187. The molecule has 0 aliphatic carbocycles. The zero-order valence-corrected chi connectivity index (χ0v) is 13.0. The molecule has 0 aliphatic heterocycles. The van der Waals surface area contributed by atoms with E-state index in [-0.39, 0.29) is 5.92 Å². The van der Waals surface area contributed by atoms with Gasteiger partial charge in [0.1, 0.15) is 18.0 Å². The fourth-order valence-electron chi connectivity index (χ4n) is 1.97. The van der Waals surface area contributed by atoms with Crippen molar-refractivity contribution in [1.29, 1.82) is 0 Å². The molecule has 1 heterocycles. The fraction of sp³-hybridized carbons (Fsp3) is 0.714. The summed E-state index contributed by atoms with van der Waals surface area (Å²) in [4.78, 5) is 8.52. The van der Waals surface area contributed by atoms with E-state index in [0.29, 0.717) is 19.6 Å². The second-order valence-electron chi connectivity index (χ2n) is 5.48. The highest BCUT2D eigenvalue weighted by molar-refractivity contribution is 5.58. The van der Waals surface area contributed by atoms with E-state index in [4.69, 9.17) is 4.74 Å². The van der Waals surface area contributed by atoms with Crippen molar-refractivity contribution < 1.29 is 9.84 Å². The molecule has 114 valence electrons. The third-order valence-electron chi connectivity index (χ3n) is 3.18. The lowest BCUT2D eigenvalue weighted by Crippen LogP contribution is -2.35. The number of nitrogens with zero attached hydrogens (tertiary/aromatic N) is 2. The van der Waals surface area contributed by atoms with E-state index in [9.17, 15) is 5.11 Å². The Morgan fingerprint density at radius 2 is 2.00 bits per heavy atom. The van der Waals surface area contributed by atoms with Crippen molar-refractivity contribution in [3.05, 3.63) is 11.9 Å². The van der Waals surface area contributed by atoms with E-state index in [0.717, 1.165) is 17.2 Å². The topological polar surface area (TPSA) is 79.3 Å². The third-order valence-corrected chi connectivity index (χ3v) is 3.18. The lowest BCUT2D eigenvalue weighted by atomic mass is 10.0. The van der Waals surface area contributed by atoms with Crippen molar-refractivity contribution in [2.75, 3.05) is 37.9 Å². The van der Waals surface area contributed by atoms with Crippen LogP contribution in [-0.4, -0.2) is 48.0 Å². The van der Waals surface area contributed by atoms with Crippen LogP contribution in [0.5, 0.6) is 0 Å². The van der Waals surface area contributed by atoms with Gasteiger partial charge in [0.25, 0.3) is 0 Å². The van der Waals surface area contributed by atoms with E-state index >= 15 is 0 Å². The van der Waals surface area contributed by atoms with Gasteiger partial charge in [-0.25, -0.2) is 9.97 Å². The van der Waals surface area contributed by atoms with Crippen molar-refractivity contribution in [3.8, 4) is 0 Å². The van der Waals surface area contributed by atoms with Crippen LogP contribution in [0.25, 0.3) is 0 Å². The van der Waals surface area contributed by atoms with E-state index < -0.39 is 5.60 Å². The Labute approximate surface area is 121 Å². The number of aliphatic hydroxyl groups is 1. The summed E-state index contributed by atoms with van der Waals surface area (Å²) in [5, 5.41) is 16.6. The number of hydrogen-bond donors (Lipinski definition) is 3. The van der Waals surface area contributed by atoms with Crippen molar-refractivity contribution in [3.63, 3.8) is 0 Å². The van der Waals surface area contributed by atoms with Gasteiger partial charge in [0.05, 0.1) is 5.60 Å². The second kappa shape index (κ2) is 7.40. The molecular weight excluding hydrogens is 256 g/mol. The largest absolute Gasteiger partial charge is 0.388 e. The summed E-state index contributed by atoms with van der Waals surface area (Å²) in [6.45, 7) is 6.91. The van der Waals surface area contributed by atoms with Gasteiger partial charge >= 0.3 is 0 Å². The van der Waals surface area contributed by atoms with Crippen molar-refractivity contribution >= 4 is 11.6 Å². The van der Waals surface area contributed by atoms with Crippen LogP contribution < -0.4 is 10.6 Å². The van der Waals surface area contributed by atoms with Crippen LogP contribution in [0.15, 0.2) is 6.33 Å². The van der Waals surface area contributed by atoms with E-state index in [1.807, 2.05) is 7.05 Å². The van der Waals surface area contributed by atoms with E-state index in [2.05, 4.69) is 34.4 Å². The van der Waals surface area contributed by atoms with Gasteiger partial charge < -0.3 is 20.5 Å². The summed E-state index contributed by atoms with van der Waals surface area (Å²) in [5.74, 6) is 1.86. The molecule has 0 amide bonds. The Kier molecular flexibility index (Phi) is 6.16. The number of hydrogen-bond acceptors (Lipinski definition) is 6. The Morgan fingerprint density at radius 3 is 2.55 bits per heavy atom. The molecule has 0 fully saturated rings. The van der Waals surface area contributed by atoms with Gasteiger partial charge in [-0.15, -0.1) is 0 Å². The molecule has 0 radical (unpaired) electrons. The zero-order valence-electron chi connectivity index (χ0n) is 13.0. The molecule has 3 N–H and O–H groups in total. The minimum Gasteiger partial charge on any atom is -0.388 e. The lowest BCUT2D eigenvalue weighted by molar-refractivity contribution is 0.0357. The lowest BCUT2D eigenvalue weighted by Gasteiger charge is -2.25. The Bertz CT molecular complexity index is 422. The second-order valence-corrected chi connectivity index (χ2v) is 5.48. The fourth-order valence-corrected chi connectivity index (χ4v) is 1.97. The van der Waals surface area contributed by atoms with Gasteiger partial charge in [-0.05, 0) is 12.8 Å². The van der Waals surface area contributed by atoms with Crippen molar-refractivity contribution in [2.24, 2.45) is 0 Å². The van der Waals surface area contributed by atoms with E-state index in [1.54, 1.807) is 14.0 Å². The predicted molar refractivity (Wildman–Crippen MR) is 81.3 cm³/mol. The minimum atomic E-state index is -0.838. The Balaban J connectivity index is 2.82. The molecule has 1 aromatic rings. The summed E-state index contributed by atoms with van der Waals surface area (Å²) < 4.78 is 5.00. The maximum Gasteiger partial charge on any atom is 0.135 e. The molecule has 0 saturated carbocycles. The molecule has 0 spiro atoms. The first-order valence-corrected chi connectivity index (χ1v) is 6.89. The average molecular weight is 282 g/mol. The number of rotatable bonds is 8. The van der Waals surface area contributed by atoms with Crippen LogP contribution in [0, 0.1) is 0 Å². The minimum absolute atomic E-state index is 0.282. The molecule has 0 aromatic carbocycles. The Hall–Kier alpha value is -1.40. The van der Waals surface area contributed by atoms with Crippen LogP contribution in [0.2, 0.25) is 0 Å². The average Bonchev–Trinajstić information content (AvgIpc) is 2.42. The van der Waals surface area contributed by atoms with Gasteiger partial charge in [-0.1, -0.05) is 13.8 Å². The van der Waals surface area contributed by atoms with Crippen LogP contribution in [-0.2, 0) is 4.74 Å². The van der Waals surface area contributed by atoms with Crippen molar-refractivity contribution in [2.45, 2.75) is 38.7 Å². The third kappa shape index (κ3) is 4.61. The van der Waals surface area contributed by atoms with E-state index in [1.165, 1.54) is 6.33 Å². The van der Waals surface area contributed by atoms with Crippen LogP contribution >= 0.6 is 0 Å². The molecule has 1 rings (SSSR count). The SMILES string of the molecule is CNc1ncnc(NCC(C)(O)CCOC)c1C(C)C. The molecule has 6 heteroatoms. The van der Waals surface area contributed by atoms with Gasteiger partial charge in [-0.3, -0.25) is 0 Å². The normalized spacial score (nSPS) is 14.2. The summed E-state index contributed by atoms with van der Waals surface area (Å²) in [7, 11) is 3.47. The number of aromatic nitrogens is 2. The maximum absolute atomic E-state index is 10.3. The Morgan fingerprint density at radius 1 is 1.35 bits per heavy atom. The highest BCUT2D eigenvalue weighted by atomic mass is 16.5. The zero-order chi connectivity index (χ0) is 15.2. The van der Waals surface area contributed by atoms with Gasteiger partial charge in [0.15, 0.2) is 0 Å². The van der Waals surface area contributed by atoms with Crippen molar-refractivity contribution in [1.82, 2.24) is 9.97 Å². The number of methoxy groups -OCH3 is 1. The monoisotopic (exact) mass is 282 g/mol. The first kappa shape index (κ1) is 16.7. The first-order valence-electron chi connectivity index (χ1n) is 6.89. The molecular formula is C14H26N4O2. The maximum atomic E-state index is 10.3. The van der Waals surface area contributed by atoms with Gasteiger partial charge in [0, 0.05) is 39.3 Å². The predicted octanol–water partition coefficient (Wildman–Crippen LogP) is 1.84. The molecule has 0 saturated heterocycles. The molecule has 0 aliphatic rings. The van der Waals surface area contributed by atoms with Crippen LogP contribution in [0.1, 0.15) is 38.7 Å². The quantitative estimate of drug-likeness (QED) is 0.675. The highest BCUT2D eigenvalue weighted by Crippen LogP contribution is 2.28. The molecule has 1 atom stereocenters. The number of nitrogens with one attached hydrogen (secondary N) is 2. The van der Waals surface area contributed by atoms with Crippen LogP contribution in [0.3, 0.4) is 0 Å². The molecule has 6 nitrogen and oxygen atoms in total. The standard InChI is InChI=1S/C14H26N4O2/c1-10(2)11-12(15-4)17-9-18-13(11)16-8-14(3,19)6-7-20-5/h9-10,19H,6-8H2,1-5H3,(H2,15,16,17,18). The number of anilines is 2. The first-order chi connectivity index (χ1) is 9.41. The smallest absolute Gasteiger partial charge is 0.135 e. The molecule has 1 aromatic heterocycles. The number of ether oxygens (including phenoxy) is 1. The summed E-state index contributed by atoms with van der Waals surface area (Å²) in [6, 6.07) is 0. The van der Waals surface area contributed by atoms with Gasteiger partial charge in [0.2, 0.25) is 0 Å². The highest BCUT2D eigenvalue weighted by Gasteiger charge is 2.21.